The van der Waals surface area contributed by atoms with Gasteiger partial charge in [-0.2, -0.15) is 0 Å². The Morgan fingerprint density at radius 1 is 1.37 bits per heavy atom. The number of nitrogens with one attached hydrogen (secondary N) is 1. The maximum absolute atomic E-state index is 11.6. The summed E-state index contributed by atoms with van der Waals surface area (Å²) in [5.41, 5.74) is 1.44. The molecule has 98 valence electrons. The molecule has 5 heteroatoms. The predicted octanol–water partition coefficient (Wildman–Crippen LogP) is 1.96. The fourth-order valence-electron chi connectivity index (χ4n) is 1.66. The number of rotatable bonds is 4. The Kier molecular flexibility index (Phi) is 3.66. The fraction of sp³-hybridized carbons (Fsp3) is 0.143. The minimum absolute atomic E-state index is 0.103. The van der Waals surface area contributed by atoms with Crippen molar-refractivity contribution in [3.05, 3.63) is 63.6 Å². The molecule has 19 heavy (non-hydrogen) atoms. The lowest BCUT2D eigenvalue weighted by atomic mass is 10.1. The molecule has 5 nitrogen and oxygen atoms in total. The zero-order valence-corrected chi connectivity index (χ0v) is 10.3. The first-order valence-electron chi connectivity index (χ1n) is 5.70. The summed E-state index contributed by atoms with van der Waals surface area (Å²) in [4.78, 5) is 24.8. The minimum Gasteiger partial charge on any atom is -0.483 e. The first-order valence-corrected chi connectivity index (χ1v) is 5.70. The molecule has 0 aliphatic rings. The molecule has 0 saturated carbocycles. The predicted molar refractivity (Wildman–Crippen MR) is 69.5 cm³/mol. The standard InChI is InChI=1S/C14H13NO4/c1-9-3-2-4-10(5-9)8-19-13-7-15-11(14(17)18)6-12(13)16/h2-7H,8H2,1H3,(H,15,16)(H,17,18). The van der Waals surface area contributed by atoms with Crippen LogP contribution in [0.3, 0.4) is 0 Å². The van der Waals surface area contributed by atoms with Gasteiger partial charge >= 0.3 is 5.97 Å². The average Bonchev–Trinajstić information content (AvgIpc) is 2.37. The minimum atomic E-state index is -1.18. The van der Waals surface area contributed by atoms with Gasteiger partial charge in [0.2, 0.25) is 5.43 Å². The fourth-order valence-corrected chi connectivity index (χ4v) is 1.66. The molecule has 0 spiro atoms. The third-order valence-corrected chi connectivity index (χ3v) is 2.58. The number of aryl methyl sites for hydroxylation is 1. The Labute approximate surface area is 109 Å². The summed E-state index contributed by atoms with van der Waals surface area (Å²) in [5, 5.41) is 8.73. The van der Waals surface area contributed by atoms with Crippen LogP contribution in [0.25, 0.3) is 0 Å². The van der Waals surface area contributed by atoms with Gasteiger partial charge in [-0.25, -0.2) is 4.79 Å². The zero-order valence-electron chi connectivity index (χ0n) is 10.3. The monoisotopic (exact) mass is 259 g/mol. The number of pyridine rings is 1. The molecule has 0 bridgehead atoms. The highest BCUT2D eigenvalue weighted by molar-refractivity contribution is 5.85. The molecule has 1 aromatic carbocycles. The number of hydrogen-bond acceptors (Lipinski definition) is 3. The number of benzene rings is 1. The first kappa shape index (κ1) is 12.9. The Balaban J connectivity index is 2.12. The van der Waals surface area contributed by atoms with Gasteiger partial charge in [0.1, 0.15) is 12.3 Å². The highest BCUT2D eigenvalue weighted by Gasteiger charge is 2.07. The Morgan fingerprint density at radius 2 is 2.16 bits per heavy atom. The van der Waals surface area contributed by atoms with Gasteiger partial charge in [0.15, 0.2) is 5.75 Å². The van der Waals surface area contributed by atoms with E-state index in [1.165, 1.54) is 6.20 Å². The van der Waals surface area contributed by atoms with Crippen molar-refractivity contribution in [2.24, 2.45) is 0 Å². The number of hydrogen-bond donors (Lipinski definition) is 2. The van der Waals surface area contributed by atoms with Crippen LogP contribution in [0.4, 0.5) is 0 Å². The van der Waals surface area contributed by atoms with Crippen LogP contribution in [-0.4, -0.2) is 16.1 Å². The van der Waals surface area contributed by atoms with Gasteiger partial charge in [0.25, 0.3) is 0 Å². The molecule has 2 aromatic rings. The Hall–Kier alpha value is -2.56. The molecule has 0 atom stereocenters. The number of carbonyl (C=O) groups is 1. The van der Waals surface area contributed by atoms with Crippen LogP contribution in [0.1, 0.15) is 21.6 Å². The second kappa shape index (κ2) is 5.39. The second-order valence-electron chi connectivity index (χ2n) is 4.16. The highest BCUT2D eigenvalue weighted by atomic mass is 16.5. The summed E-state index contributed by atoms with van der Waals surface area (Å²) in [6, 6.07) is 8.74. The summed E-state index contributed by atoms with van der Waals surface area (Å²) in [5.74, 6) is -1.08. The lowest BCUT2D eigenvalue weighted by Gasteiger charge is -2.06. The van der Waals surface area contributed by atoms with Gasteiger partial charge in [-0.1, -0.05) is 29.8 Å². The van der Waals surface area contributed by atoms with Crippen molar-refractivity contribution < 1.29 is 14.6 Å². The van der Waals surface area contributed by atoms with E-state index in [1.807, 2.05) is 31.2 Å². The molecular weight excluding hydrogens is 246 g/mol. The highest BCUT2D eigenvalue weighted by Crippen LogP contribution is 2.08. The van der Waals surface area contributed by atoms with Crippen molar-refractivity contribution in [3.8, 4) is 5.75 Å². The quantitative estimate of drug-likeness (QED) is 0.879. The van der Waals surface area contributed by atoms with Gasteiger partial charge in [0.05, 0.1) is 0 Å². The summed E-state index contributed by atoms with van der Waals surface area (Å²) in [7, 11) is 0. The summed E-state index contributed by atoms with van der Waals surface area (Å²) in [6.45, 7) is 2.23. The molecule has 0 aliphatic heterocycles. The molecule has 1 aromatic heterocycles. The topological polar surface area (TPSA) is 79.4 Å². The largest absolute Gasteiger partial charge is 0.483 e. The normalized spacial score (nSPS) is 10.2. The van der Waals surface area contributed by atoms with E-state index in [0.29, 0.717) is 0 Å². The number of ether oxygens (including phenoxy) is 1. The van der Waals surface area contributed by atoms with Crippen molar-refractivity contribution in [3.63, 3.8) is 0 Å². The molecule has 0 unspecified atom stereocenters. The van der Waals surface area contributed by atoms with E-state index in [4.69, 9.17) is 9.84 Å². The van der Waals surface area contributed by atoms with E-state index in [2.05, 4.69) is 4.98 Å². The van der Waals surface area contributed by atoms with E-state index >= 15 is 0 Å². The van der Waals surface area contributed by atoms with Crippen LogP contribution in [0.15, 0.2) is 41.3 Å². The van der Waals surface area contributed by atoms with Crippen molar-refractivity contribution in [2.75, 3.05) is 0 Å². The Bertz CT molecular complexity index is 660. The lowest BCUT2D eigenvalue weighted by Crippen LogP contribution is -2.12. The van der Waals surface area contributed by atoms with Crippen molar-refractivity contribution >= 4 is 5.97 Å². The van der Waals surface area contributed by atoms with Gasteiger partial charge < -0.3 is 14.8 Å². The van der Waals surface area contributed by atoms with E-state index in [-0.39, 0.29) is 18.1 Å². The Morgan fingerprint density at radius 3 is 2.79 bits per heavy atom. The molecule has 0 radical (unpaired) electrons. The van der Waals surface area contributed by atoms with Crippen LogP contribution in [0, 0.1) is 6.92 Å². The number of H-pyrrole nitrogens is 1. The average molecular weight is 259 g/mol. The molecule has 0 amide bonds. The second-order valence-corrected chi connectivity index (χ2v) is 4.16. The van der Waals surface area contributed by atoms with Gasteiger partial charge in [-0.3, -0.25) is 4.79 Å². The van der Waals surface area contributed by atoms with E-state index in [0.717, 1.165) is 17.2 Å². The molecule has 1 heterocycles. The molecule has 0 aliphatic carbocycles. The number of aromatic amines is 1. The summed E-state index contributed by atoms with van der Waals surface area (Å²) < 4.78 is 5.38. The van der Waals surface area contributed by atoms with Gasteiger partial charge in [0, 0.05) is 12.3 Å². The molecule has 2 rings (SSSR count). The third-order valence-electron chi connectivity index (χ3n) is 2.58. The zero-order chi connectivity index (χ0) is 13.8. The van der Waals surface area contributed by atoms with E-state index in [1.54, 1.807) is 0 Å². The number of carboxylic acid groups (broad SMARTS) is 1. The lowest BCUT2D eigenvalue weighted by molar-refractivity contribution is 0.0690. The summed E-state index contributed by atoms with van der Waals surface area (Å²) >= 11 is 0. The van der Waals surface area contributed by atoms with E-state index in [9.17, 15) is 9.59 Å². The molecule has 0 fully saturated rings. The van der Waals surface area contributed by atoms with Crippen molar-refractivity contribution in [1.29, 1.82) is 0 Å². The SMILES string of the molecule is Cc1cccc(COc2c[nH]c(C(=O)O)cc2=O)c1. The van der Waals surface area contributed by atoms with Gasteiger partial charge in [-0.05, 0) is 12.5 Å². The van der Waals surface area contributed by atoms with Gasteiger partial charge in [-0.15, -0.1) is 0 Å². The third kappa shape index (κ3) is 3.22. The van der Waals surface area contributed by atoms with Crippen molar-refractivity contribution in [1.82, 2.24) is 4.98 Å². The molecule has 2 N–H and O–H groups in total. The molecule has 0 saturated heterocycles. The summed E-state index contributed by atoms with van der Waals surface area (Å²) in [6.07, 6.45) is 1.27. The number of carboxylic acids is 1. The van der Waals surface area contributed by atoms with Crippen LogP contribution in [-0.2, 0) is 6.61 Å². The van der Waals surface area contributed by atoms with Crippen LogP contribution in [0.2, 0.25) is 0 Å². The van der Waals surface area contributed by atoms with Crippen molar-refractivity contribution in [2.45, 2.75) is 13.5 Å². The maximum Gasteiger partial charge on any atom is 0.352 e. The van der Waals surface area contributed by atoms with Crippen LogP contribution in [0.5, 0.6) is 5.75 Å². The first-order chi connectivity index (χ1) is 9.06. The van der Waals surface area contributed by atoms with Crippen LogP contribution < -0.4 is 10.2 Å². The van der Waals surface area contributed by atoms with E-state index < -0.39 is 11.4 Å². The smallest absolute Gasteiger partial charge is 0.352 e. The number of aromatic nitrogens is 1. The molecular formula is C14H13NO4. The number of aromatic carboxylic acids is 1. The van der Waals surface area contributed by atoms with Crippen LogP contribution >= 0.6 is 0 Å². The maximum atomic E-state index is 11.6.